The van der Waals surface area contributed by atoms with Crippen molar-refractivity contribution < 1.29 is 9.18 Å². The lowest BCUT2D eigenvalue weighted by atomic mass is 9.85. The van der Waals surface area contributed by atoms with E-state index < -0.39 is 17.1 Å². The molecule has 0 fully saturated rings. The first kappa shape index (κ1) is 15.2. The molecule has 2 rings (SSSR count). The summed E-state index contributed by atoms with van der Waals surface area (Å²) in [4.78, 5) is 12.5. The zero-order valence-electron chi connectivity index (χ0n) is 10.7. The van der Waals surface area contributed by atoms with Gasteiger partial charge in [0.1, 0.15) is 5.54 Å². The Balaban J connectivity index is 2.49. The van der Waals surface area contributed by atoms with E-state index in [2.05, 4.69) is 15.9 Å². The molecule has 2 N–H and O–H groups in total. The zero-order chi connectivity index (χ0) is 14.9. The Morgan fingerprint density at radius 2 is 1.85 bits per heavy atom. The summed E-state index contributed by atoms with van der Waals surface area (Å²) < 4.78 is 14.5. The number of carbonyl (C=O) groups is 1. The number of carbonyl (C=O) groups excluding carboxylic acids is 1. The van der Waals surface area contributed by atoms with E-state index in [1.54, 1.807) is 31.2 Å². The molecule has 1 unspecified atom stereocenters. The molecule has 20 heavy (non-hydrogen) atoms. The molecule has 0 heterocycles. The number of nitrogens with two attached hydrogens (primary N) is 1. The van der Waals surface area contributed by atoms with Crippen molar-refractivity contribution in [3.8, 4) is 0 Å². The van der Waals surface area contributed by atoms with E-state index in [4.69, 9.17) is 17.3 Å². The first-order chi connectivity index (χ1) is 9.35. The van der Waals surface area contributed by atoms with Gasteiger partial charge < -0.3 is 5.73 Å². The average Bonchev–Trinajstić information content (AvgIpc) is 2.45. The van der Waals surface area contributed by atoms with Gasteiger partial charge in [-0.15, -0.1) is 0 Å². The monoisotopic (exact) mass is 355 g/mol. The van der Waals surface area contributed by atoms with Crippen LogP contribution in [0, 0.1) is 5.82 Å². The molecule has 2 aromatic carbocycles. The highest BCUT2D eigenvalue weighted by molar-refractivity contribution is 9.10. The summed E-state index contributed by atoms with van der Waals surface area (Å²) in [6.45, 7) is 1.56. The maximum Gasteiger partial charge on any atom is 0.189 e. The third kappa shape index (κ3) is 2.64. The van der Waals surface area contributed by atoms with Crippen LogP contribution in [0.25, 0.3) is 0 Å². The van der Waals surface area contributed by atoms with Crippen LogP contribution < -0.4 is 5.73 Å². The van der Waals surface area contributed by atoms with Crippen molar-refractivity contribution in [2.45, 2.75) is 12.5 Å². The fourth-order valence-corrected chi connectivity index (χ4v) is 2.37. The summed E-state index contributed by atoms with van der Waals surface area (Å²) in [6.07, 6.45) is 0. The van der Waals surface area contributed by atoms with Gasteiger partial charge in [0.05, 0.1) is 10.6 Å². The fourth-order valence-electron chi connectivity index (χ4n) is 1.90. The number of benzene rings is 2. The van der Waals surface area contributed by atoms with Gasteiger partial charge in [-0.1, -0.05) is 41.9 Å². The first-order valence-corrected chi connectivity index (χ1v) is 7.05. The van der Waals surface area contributed by atoms with E-state index in [0.717, 1.165) is 0 Å². The third-order valence-corrected chi connectivity index (χ3v) is 4.38. The van der Waals surface area contributed by atoms with Crippen LogP contribution in [0.5, 0.6) is 0 Å². The molecule has 0 radical (unpaired) electrons. The minimum absolute atomic E-state index is 0.118. The number of Topliss-reactive ketones (excluding diaryl/α,β-unsaturated/α-hetero) is 1. The lowest BCUT2D eigenvalue weighted by Gasteiger charge is -2.24. The lowest BCUT2D eigenvalue weighted by Crippen LogP contribution is -2.42. The topological polar surface area (TPSA) is 43.1 Å². The Hall–Kier alpha value is -1.23. The predicted molar refractivity (Wildman–Crippen MR) is 81.4 cm³/mol. The molecule has 104 valence electrons. The second-order valence-corrected chi connectivity index (χ2v) is 5.85. The highest BCUT2D eigenvalue weighted by Gasteiger charge is 2.33. The van der Waals surface area contributed by atoms with Gasteiger partial charge in [-0.2, -0.15) is 0 Å². The maximum atomic E-state index is 14.1. The van der Waals surface area contributed by atoms with E-state index in [-0.39, 0.29) is 10.6 Å². The summed E-state index contributed by atoms with van der Waals surface area (Å²) in [5.41, 5.74) is 5.28. The number of rotatable bonds is 3. The maximum absolute atomic E-state index is 14.1. The molecule has 2 aromatic rings. The molecule has 0 spiro atoms. The van der Waals surface area contributed by atoms with Crippen molar-refractivity contribution in [1.29, 1.82) is 0 Å². The first-order valence-electron chi connectivity index (χ1n) is 5.88. The third-order valence-electron chi connectivity index (χ3n) is 3.12. The van der Waals surface area contributed by atoms with Gasteiger partial charge in [0, 0.05) is 4.47 Å². The van der Waals surface area contributed by atoms with Crippen molar-refractivity contribution in [2.75, 3.05) is 0 Å². The van der Waals surface area contributed by atoms with E-state index in [1.807, 2.05) is 6.07 Å². The lowest BCUT2D eigenvalue weighted by molar-refractivity contribution is 0.0895. The minimum Gasteiger partial charge on any atom is -0.315 e. The molecule has 0 bridgehead atoms. The Labute approximate surface area is 129 Å². The second kappa shape index (κ2) is 5.64. The SMILES string of the molecule is CC(N)(C(=O)c1ccc(Br)c(Cl)c1F)c1ccccc1. The molecule has 1 atom stereocenters. The van der Waals surface area contributed by atoms with Crippen molar-refractivity contribution in [3.05, 3.63) is 68.9 Å². The van der Waals surface area contributed by atoms with Crippen LogP contribution in [0.15, 0.2) is 46.9 Å². The summed E-state index contributed by atoms with van der Waals surface area (Å²) in [7, 11) is 0. The largest absolute Gasteiger partial charge is 0.315 e. The van der Waals surface area contributed by atoms with Gasteiger partial charge in [0.2, 0.25) is 0 Å². The van der Waals surface area contributed by atoms with E-state index in [1.165, 1.54) is 12.1 Å². The molecule has 5 heteroatoms. The van der Waals surface area contributed by atoms with E-state index >= 15 is 0 Å². The molecular formula is C15H12BrClFNO. The molecular weight excluding hydrogens is 345 g/mol. The van der Waals surface area contributed by atoms with Gasteiger partial charge in [-0.3, -0.25) is 4.79 Å². The highest BCUT2D eigenvalue weighted by atomic mass is 79.9. The van der Waals surface area contributed by atoms with Crippen LogP contribution in [0.3, 0.4) is 0 Å². The minimum atomic E-state index is -1.32. The predicted octanol–water partition coefficient (Wildman–Crippen LogP) is 4.30. The summed E-state index contributed by atoms with van der Waals surface area (Å²) >= 11 is 8.92. The molecule has 0 aliphatic carbocycles. The van der Waals surface area contributed by atoms with Crippen LogP contribution in [-0.2, 0) is 5.54 Å². The van der Waals surface area contributed by atoms with Crippen molar-refractivity contribution in [2.24, 2.45) is 5.73 Å². The summed E-state index contributed by atoms with van der Waals surface area (Å²) in [5, 5.41) is -0.125. The Morgan fingerprint density at radius 1 is 1.25 bits per heavy atom. The normalized spacial score (nSPS) is 13.8. The van der Waals surface area contributed by atoms with Gasteiger partial charge in [0.15, 0.2) is 11.6 Å². The molecule has 0 aliphatic heterocycles. The van der Waals surface area contributed by atoms with Crippen LogP contribution in [0.1, 0.15) is 22.8 Å². The molecule has 0 aromatic heterocycles. The standard InChI is InChI=1S/C15H12BrClFNO/c1-15(19,9-5-3-2-4-6-9)14(20)10-7-8-11(16)12(17)13(10)18/h2-8H,19H2,1H3. The quantitative estimate of drug-likeness (QED) is 0.658. The summed E-state index contributed by atoms with van der Waals surface area (Å²) in [6, 6.07) is 11.7. The fraction of sp³-hybridized carbons (Fsp3) is 0.133. The van der Waals surface area contributed by atoms with Crippen LogP contribution in [-0.4, -0.2) is 5.78 Å². The van der Waals surface area contributed by atoms with Crippen LogP contribution in [0.4, 0.5) is 4.39 Å². The Morgan fingerprint density at radius 3 is 2.45 bits per heavy atom. The van der Waals surface area contributed by atoms with Crippen molar-refractivity contribution >= 4 is 33.3 Å². The molecule has 0 saturated heterocycles. The van der Waals surface area contributed by atoms with E-state index in [0.29, 0.717) is 10.0 Å². The van der Waals surface area contributed by atoms with Gasteiger partial charge in [0.25, 0.3) is 0 Å². The van der Waals surface area contributed by atoms with E-state index in [9.17, 15) is 9.18 Å². The zero-order valence-corrected chi connectivity index (χ0v) is 13.0. The van der Waals surface area contributed by atoms with Gasteiger partial charge in [-0.05, 0) is 40.5 Å². The molecule has 0 aliphatic rings. The number of hydrogen-bond acceptors (Lipinski definition) is 2. The highest BCUT2D eigenvalue weighted by Crippen LogP contribution is 2.31. The van der Waals surface area contributed by atoms with Crippen LogP contribution in [0.2, 0.25) is 5.02 Å². The average molecular weight is 357 g/mol. The number of halogens is 3. The number of ketones is 1. The second-order valence-electron chi connectivity index (χ2n) is 4.62. The number of hydrogen-bond donors (Lipinski definition) is 1. The van der Waals surface area contributed by atoms with Crippen molar-refractivity contribution in [1.82, 2.24) is 0 Å². The van der Waals surface area contributed by atoms with Gasteiger partial charge >= 0.3 is 0 Å². The Bertz CT molecular complexity index is 658. The molecule has 0 saturated carbocycles. The molecule has 2 nitrogen and oxygen atoms in total. The van der Waals surface area contributed by atoms with Crippen molar-refractivity contribution in [3.63, 3.8) is 0 Å². The smallest absolute Gasteiger partial charge is 0.189 e. The molecule has 0 amide bonds. The Kier molecular flexibility index (Phi) is 4.28. The summed E-state index contributed by atoms with van der Waals surface area (Å²) in [5.74, 6) is -1.28. The van der Waals surface area contributed by atoms with Crippen LogP contribution >= 0.6 is 27.5 Å². The van der Waals surface area contributed by atoms with Gasteiger partial charge in [-0.25, -0.2) is 4.39 Å².